The van der Waals surface area contributed by atoms with Gasteiger partial charge in [-0.2, -0.15) is 13.2 Å². The number of piperazine rings is 1. The van der Waals surface area contributed by atoms with Crippen LogP contribution in [0.1, 0.15) is 18.4 Å². The summed E-state index contributed by atoms with van der Waals surface area (Å²) in [5.41, 5.74) is -2.52. The Morgan fingerprint density at radius 2 is 1.78 bits per heavy atom. The Balaban J connectivity index is 1.52. The third-order valence-corrected chi connectivity index (χ3v) is 4.67. The van der Waals surface area contributed by atoms with Gasteiger partial charge in [0.15, 0.2) is 0 Å². The zero-order valence-electron chi connectivity index (χ0n) is 14.7. The van der Waals surface area contributed by atoms with Gasteiger partial charge in [-0.1, -0.05) is 0 Å². The van der Waals surface area contributed by atoms with Crippen LogP contribution in [0.5, 0.6) is 0 Å². The van der Waals surface area contributed by atoms with Gasteiger partial charge in [0.2, 0.25) is 11.8 Å². The molecule has 1 aromatic heterocycles. The van der Waals surface area contributed by atoms with Gasteiger partial charge in [-0.05, 0) is 25.0 Å². The number of nitrogens with zero attached hydrogens (tertiary/aromatic N) is 3. The molecule has 1 saturated heterocycles. The average molecular weight is 386 g/mol. The third kappa shape index (κ3) is 5.09. The second-order valence-electron chi connectivity index (χ2n) is 6.85. The largest absolute Gasteiger partial charge is 0.421 e. The van der Waals surface area contributed by atoms with Crippen LogP contribution in [0.3, 0.4) is 0 Å². The van der Waals surface area contributed by atoms with Crippen LogP contribution in [0.25, 0.3) is 0 Å². The predicted molar refractivity (Wildman–Crippen MR) is 89.9 cm³/mol. The van der Waals surface area contributed by atoms with E-state index in [0.717, 1.165) is 23.5 Å². The molecule has 0 radical (unpaired) electrons. The van der Waals surface area contributed by atoms with Gasteiger partial charge in [-0.15, -0.1) is 0 Å². The molecule has 1 saturated carbocycles. The van der Waals surface area contributed by atoms with E-state index in [9.17, 15) is 27.6 Å². The highest BCUT2D eigenvalue weighted by atomic mass is 19.4. The topological polar surface area (TPSA) is 74.7 Å². The van der Waals surface area contributed by atoms with E-state index in [0.29, 0.717) is 38.3 Å². The van der Waals surface area contributed by atoms with Crippen molar-refractivity contribution in [1.82, 2.24) is 19.7 Å². The molecule has 2 amide bonds. The molecule has 0 atom stereocenters. The lowest BCUT2D eigenvalue weighted by molar-refractivity contribution is -0.140. The number of pyridine rings is 1. The fraction of sp³-hybridized carbons (Fsp3) is 0.588. The Bertz CT molecular complexity index is 765. The Kier molecular flexibility index (Phi) is 5.54. The molecular weight excluding hydrogens is 365 g/mol. The van der Waals surface area contributed by atoms with Crippen LogP contribution in [-0.2, 0) is 22.3 Å². The van der Waals surface area contributed by atoms with Crippen LogP contribution in [0.15, 0.2) is 23.1 Å². The standard InChI is InChI=1S/C17H21F3N4O3/c18-17(19,20)13-2-1-5-24(16(13)27)11-15(26)23-8-6-22(7-9-23)10-14(25)21-12-3-4-12/h1-2,5,12H,3-4,6-11H2,(H,21,25). The Morgan fingerprint density at radius 3 is 2.37 bits per heavy atom. The van der Waals surface area contributed by atoms with E-state index in [2.05, 4.69) is 5.32 Å². The summed E-state index contributed by atoms with van der Waals surface area (Å²) in [4.78, 5) is 39.5. The maximum absolute atomic E-state index is 12.8. The fourth-order valence-corrected chi connectivity index (χ4v) is 2.98. The predicted octanol–water partition coefficient (Wildman–Crippen LogP) is 0.290. The summed E-state index contributed by atoms with van der Waals surface area (Å²) in [5, 5.41) is 2.90. The van der Waals surface area contributed by atoms with E-state index in [1.807, 2.05) is 4.90 Å². The van der Waals surface area contributed by atoms with Crippen molar-refractivity contribution in [2.45, 2.75) is 31.6 Å². The van der Waals surface area contributed by atoms with Crippen molar-refractivity contribution in [2.24, 2.45) is 0 Å². The summed E-state index contributed by atoms with van der Waals surface area (Å²) in [6, 6.07) is 2.11. The van der Waals surface area contributed by atoms with Crippen molar-refractivity contribution < 1.29 is 22.8 Å². The van der Waals surface area contributed by atoms with Crippen LogP contribution in [-0.4, -0.2) is 64.9 Å². The molecule has 1 aliphatic heterocycles. The van der Waals surface area contributed by atoms with Gasteiger partial charge in [0.25, 0.3) is 5.56 Å². The molecule has 2 aliphatic rings. The zero-order chi connectivity index (χ0) is 19.6. The lowest BCUT2D eigenvalue weighted by atomic mass is 10.2. The van der Waals surface area contributed by atoms with Gasteiger partial charge in [0, 0.05) is 38.4 Å². The lowest BCUT2D eigenvalue weighted by Crippen LogP contribution is -2.52. The summed E-state index contributed by atoms with van der Waals surface area (Å²) >= 11 is 0. The van der Waals surface area contributed by atoms with Gasteiger partial charge < -0.3 is 14.8 Å². The number of alkyl halides is 3. The number of hydrogen-bond donors (Lipinski definition) is 1. The third-order valence-electron chi connectivity index (χ3n) is 4.67. The molecule has 2 heterocycles. The number of aromatic nitrogens is 1. The summed E-state index contributed by atoms with van der Waals surface area (Å²) in [6.07, 6.45) is -1.55. The van der Waals surface area contributed by atoms with Gasteiger partial charge in [-0.25, -0.2) is 0 Å². The van der Waals surface area contributed by atoms with E-state index in [-0.39, 0.29) is 12.5 Å². The molecule has 3 rings (SSSR count). The first-order valence-electron chi connectivity index (χ1n) is 8.80. The molecular formula is C17H21F3N4O3. The summed E-state index contributed by atoms with van der Waals surface area (Å²) in [7, 11) is 0. The molecule has 2 fully saturated rings. The van der Waals surface area contributed by atoms with E-state index in [1.165, 1.54) is 11.1 Å². The Labute approximate surface area is 153 Å². The normalized spacial score (nSPS) is 18.4. The van der Waals surface area contributed by atoms with Crippen molar-refractivity contribution in [3.63, 3.8) is 0 Å². The molecule has 0 aromatic carbocycles. The lowest BCUT2D eigenvalue weighted by Gasteiger charge is -2.34. The van der Waals surface area contributed by atoms with Crippen molar-refractivity contribution in [2.75, 3.05) is 32.7 Å². The van der Waals surface area contributed by atoms with Crippen LogP contribution in [0.2, 0.25) is 0 Å². The van der Waals surface area contributed by atoms with E-state index < -0.39 is 29.8 Å². The number of hydrogen-bond acceptors (Lipinski definition) is 4. The number of nitrogens with one attached hydrogen (secondary N) is 1. The molecule has 148 valence electrons. The van der Waals surface area contributed by atoms with Crippen LogP contribution in [0.4, 0.5) is 13.2 Å². The number of carbonyl (C=O) groups excluding carboxylic acids is 2. The van der Waals surface area contributed by atoms with Gasteiger partial charge in [0.05, 0.1) is 6.54 Å². The van der Waals surface area contributed by atoms with Crippen molar-refractivity contribution >= 4 is 11.8 Å². The first kappa shape index (κ1) is 19.4. The van der Waals surface area contributed by atoms with E-state index in [4.69, 9.17) is 0 Å². The van der Waals surface area contributed by atoms with Crippen LogP contribution in [0, 0.1) is 0 Å². The Morgan fingerprint density at radius 1 is 1.11 bits per heavy atom. The van der Waals surface area contributed by atoms with Gasteiger partial charge >= 0.3 is 6.18 Å². The van der Waals surface area contributed by atoms with Gasteiger partial charge in [0.1, 0.15) is 12.1 Å². The maximum atomic E-state index is 12.8. The molecule has 0 spiro atoms. The maximum Gasteiger partial charge on any atom is 0.421 e. The second kappa shape index (κ2) is 7.71. The molecule has 1 N–H and O–H groups in total. The summed E-state index contributed by atoms with van der Waals surface area (Å²) < 4.78 is 39.2. The summed E-state index contributed by atoms with van der Waals surface area (Å²) in [6.45, 7) is 1.56. The number of carbonyl (C=O) groups is 2. The second-order valence-corrected chi connectivity index (χ2v) is 6.85. The number of amides is 2. The minimum Gasteiger partial charge on any atom is -0.352 e. The first-order valence-corrected chi connectivity index (χ1v) is 8.80. The molecule has 0 bridgehead atoms. The zero-order valence-corrected chi connectivity index (χ0v) is 14.7. The quantitative estimate of drug-likeness (QED) is 0.790. The highest BCUT2D eigenvalue weighted by Crippen LogP contribution is 2.26. The molecule has 27 heavy (non-hydrogen) atoms. The SMILES string of the molecule is O=C(CN1CCN(C(=O)Cn2cccc(C(F)(F)F)c2=O)CC1)NC1CC1. The van der Waals surface area contributed by atoms with Crippen LogP contribution >= 0.6 is 0 Å². The van der Waals surface area contributed by atoms with Crippen molar-refractivity contribution in [3.05, 3.63) is 34.2 Å². The average Bonchev–Trinajstić information content (AvgIpc) is 3.40. The molecule has 10 heteroatoms. The highest BCUT2D eigenvalue weighted by Gasteiger charge is 2.34. The fourth-order valence-electron chi connectivity index (χ4n) is 2.98. The van der Waals surface area contributed by atoms with Crippen molar-refractivity contribution in [3.8, 4) is 0 Å². The number of rotatable bonds is 5. The number of halogens is 3. The highest BCUT2D eigenvalue weighted by molar-refractivity contribution is 5.79. The molecule has 1 aromatic rings. The van der Waals surface area contributed by atoms with E-state index in [1.54, 1.807) is 0 Å². The Hall–Kier alpha value is -2.36. The summed E-state index contributed by atoms with van der Waals surface area (Å²) in [5.74, 6) is -0.452. The van der Waals surface area contributed by atoms with Crippen LogP contribution < -0.4 is 10.9 Å². The minimum atomic E-state index is -4.75. The minimum absolute atomic E-state index is 0.0344. The van der Waals surface area contributed by atoms with E-state index >= 15 is 0 Å². The molecule has 1 aliphatic carbocycles. The first-order chi connectivity index (χ1) is 12.7. The molecule has 0 unspecified atom stereocenters. The monoisotopic (exact) mass is 386 g/mol. The van der Waals surface area contributed by atoms with Crippen molar-refractivity contribution in [1.29, 1.82) is 0 Å². The van der Waals surface area contributed by atoms with Gasteiger partial charge in [-0.3, -0.25) is 19.3 Å². The molecule has 7 nitrogen and oxygen atoms in total. The smallest absolute Gasteiger partial charge is 0.352 e.